The predicted molar refractivity (Wildman–Crippen MR) is 64.3 cm³/mol. The summed E-state index contributed by atoms with van der Waals surface area (Å²) in [6.07, 6.45) is 4.43. The summed E-state index contributed by atoms with van der Waals surface area (Å²) in [6.45, 7) is 5.48. The van der Waals surface area contributed by atoms with Crippen molar-refractivity contribution in [2.75, 3.05) is 6.54 Å². The molecule has 0 radical (unpaired) electrons. The molecule has 1 aromatic heterocycles. The average Bonchev–Trinajstić information content (AvgIpc) is 2.73. The van der Waals surface area contributed by atoms with Crippen molar-refractivity contribution >= 4 is 5.78 Å². The molecule has 90 valence electrons. The molecule has 16 heavy (non-hydrogen) atoms. The minimum absolute atomic E-state index is 0.0378. The summed E-state index contributed by atoms with van der Waals surface area (Å²) in [5.41, 5.74) is 6.17. The second-order valence-electron chi connectivity index (χ2n) is 4.14. The zero-order valence-corrected chi connectivity index (χ0v) is 10.1. The van der Waals surface area contributed by atoms with Crippen LogP contribution in [0.15, 0.2) is 12.3 Å². The van der Waals surface area contributed by atoms with Gasteiger partial charge in [0.05, 0.1) is 0 Å². The summed E-state index contributed by atoms with van der Waals surface area (Å²) in [7, 11) is 0. The Morgan fingerprint density at radius 2 is 2.38 bits per heavy atom. The second-order valence-corrected chi connectivity index (χ2v) is 4.14. The number of nitrogens with zero attached hydrogens (tertiary/aromatic N) is 2. The number of ketones is 1. The molecule has 1 aromatic rings. The minimum Gasteiger partial charge on any atom is -0.330 e. The molecule has 0 aromatic carbocycles. The van der Waals surface area contributed by atoms with Crippen LogP contribution in [0.4, 0.5) is 0 Å². The highest BCUT2D eigenvalue weighted by molar-refractivity contribution is 5.96. The Morgan fingerprint density at radius 3 is 3.00 bits per heavy atom. The summed E-state index contributed by atoms with van der Waals surface area (Å²) < 4.78 is 1.79. The van der Waals surface area contributed by atoms with Crippen LogP contribution in [0.3, 0.4) is 0 Å². The number of carbonyl (C=O) groups excluding carboxylic acids is 1. The third kappa shape index (κ3) is 3.17. The molecule has 0 saturated heterocycles. The monoisotopic (exact) mass is 223 g/mol. The SMILES string of the molecule is CCCn1nccc1C(=O)C(C)CCCN. The van der Waals surface area contributed by atoms with Gasteiger partial charge in [0.25, 0.3) is 0 Å². The van der Waals surface area contributed by atoms with Crippen LogP contribution in [0.2, 0.25) is 0 Å². The zero-order valence-electron chi connectivity index (χ0n) is 10.1. The van der Waals surface area contributed by atoms with Crippen LogP contribution >= 0.6 is 0 Å². The number of Topliss-reactive ketones (excluding diaryl/α,β-unsaturated/α-hetero) is 1. The molecule has 0 fully saturated rings. The maximum Gasteiger partial charge on any atom is 0.183 e. The number of aryl methyl sites for hydroxylation is 1. The van der Waals surface area contributed by atoms with E-state index in [2.05, 4.69) is 12.0 Å². The Balaban J connectivity index is 2.67. The molecule has 0 aliphatic rings. The van der Waals surface area contributed by atoms with Crippen molar-refractivity contribution < 1.29 is 4.79 Å². The molecule has 0 amide bonds. The number of nitrogens with two attached hydrogens (primary N) is 1. The lowest BCUT2D eigenvalue weighted by Gasteiger charge is -2.11. The third-order valence-corrected chi connectivity index (χ3v) is 2.69. The van der Waals surface area contributed by atoms with E-state index in [1.165, 1.54) is 0 Å². The Kier molecular flexibility index (Phi) is 5.19. The van der Waals surface area contributed by atoms with Crippen LogP contribution in [0.5, 0.6) is 0 Å². The van der Waals surface area contributed by atoms with Crippen molar-refractivity contribution in [1.82, 2.24) is 9.78 Å². The smallest absolute Gasteiger partial charge is 0.183 e. The van der Waals surface area contributed by atoms with E-state index in [1.807, 2.05) is 6.92 Å². The zero-order chi connectivity index (χ0) is 12.0. The van der Waals surface area contributed by atoms with Crippen LogP contribution in [0.1, 0.15) is 43.6 Å². The van der Waals surface area contributed by atoms with Crippen molar-refractivity contribution in [3.63, 3.8) is 0 Å². The molecular formula is C12H21N3O. The molecule has 0 aliphatic carbocycles. The van der Waals surface area contributed by atoms with Crippen molar-refractivity contribution in [1.29, 1.82) is 0 Å². The van der Waals surface area contributed by atoms with Crippen LogP contribution < -0.4 is 5.73 Å². The van der Waals surface area contributed by atoms with E-state index in [0.717, 1.165) is 31.5 Å². The van der Waals surface area contributed by atoms with E-state index >= 15 is 0 Å². The summed E-state index contributed by atoms with van der Waals surface area (Å²) in [5, 5.41) is 4.16. The van der Waals surface area contributed by atoms with E-state index < -0.39 is 0 Å². The fraction of sp³-hybridized carbons (Fsp3) is 0.667. The number of rotatable bonds is 7. The molecular weight excluding hydrogens is 202 g/mol. The highest BCUT2D eigenvalue weighted by Crippen LogP contribution is 2.13. The van der Waals surface area contributed by atoms with Crippen molar-refractivity contribution in [3.8, 4) is 0 Å². The van der Waals surface area contributed by atoms with Gasteiger partial charge in [-0.2, -0.15) is 5.10 Å². The van der Waals surface area contributed by atoms with E-state index in [9.17, 15) is 4.79 Å². The van der Waals surface area contributed by atoms with Gasteiger partial charge in [0.15, 0.2) is 5.78 Å². The van der Waals surface area contributed by atoms with E-state index in [-0.39, 0.29) is 11.7 Å². The Hall–Kier alpha value is -1.16. The van der Waals surface area contributed by atoms with Crippen LogP contribution in [0, 0.1) is 5.92 Å². The molecule has 1 unspecified atom stereocenters. The van der Waals surface area contributed by atoms with Crippen molar-refractivity contribution in [2.45, 2.75) is 39.7 Å². The maximum absolute atomic E-state index is 12.1. The van der Waals surface area contributed by atoms with Gasteiger partial charge in [-0.25, -0.2) is 0 Å². The predicted octanol–water partition coefficient (Wildman–Crippen LogP) is 1.85. The highest BCUT2D eigenvalue weighted by atomic mass is 16.1. The fourth-order valence-electron chi connectivity index (χ4n) is 1.74. The van der Waals surface area contributed by atoms with Gasteiger partial charge in [-0.15, -0.1) is 0 Å². The van der Waals surface area contributed by atoms with Gasteiger partial charge < -0.3 is 5.73 Å². The van der Waals surface area contributed by atoms with Crippen LogP contribution in [0.25, 0.3) is 0 Å². The van der Waals surface area contributed by atoms with Crippen LogP contribution in [-0.2, 0) is 6.54 Å². The molecule has 0 saturated carbocycles. The summed E-state index contributed by atoms with van der Waals surface area (Å²) in [5.74, 6) is 0.218. The third-order valence-electron chi connectivity index (χ3n) is 2.69. The number of aromatic nitrogens is 2. The fourth-order valence-corrected chi connectivity index (χ4v) is 1.74. The van der Waals surface area contributed by atoms with Gasteiger partial charge in [0.1, 0.15) is 5.69 Å². The summed E-state index contributed by atoms with van der Waals surface area (Å²) >= 11 is 0. The van der Waals surface area contributed by atoms with Gasteiger partial charge in [-0.3, -0.25) is 9.48 Å². The Labute approximate surface area is 96.8 Å². The van der Waals surface area contributed by atoms with Gasteiger partial charge in [-0.05, 0) is 31.9 Å². The molecule has 0 bridgehead atoms. The van der Waals surface area contributed by atoms with E-state index in [0.29, 0.717) is 6.54 Å². The van der Waals surface area contributed by atoms with Crippen molar-refractivity contribution in [2.24, 2.45) is 11.7 Å². The van der Waals surface area contributed by atoms with E-state index in [4.69, 9.17) is 5.73 Å². The Morgan fingerprint density at radius 1 is 1.62 bits per heavy atom. The topological polar surface area (TPSA) is 60.9 Å². The average molecular weight is 223 g/mol. The maximum atomic E-state index is 12.1. The molecule has 0 spiro atoms. The summed E-state index contributed by atoms with van der Waals surface area (Å²) in [4.78, 5) is 12.1. The highest BCUT2D eigenvalue weighted by Gasteiger charge is 2.18. The standard InChI is InChI=1S/C12H21N3O/c1-3-9-15-11(6-8-14-15)12(16)10(2)5-4-7-13/h6,8,10H,3-5,7,9,13H2,1-2H3. The number of hydrogen-bond acceptors (Lipinski definition) is 3. The first kappa shape index (κ1) is 12.9. The lowest BCUT2D eigenvalue weighted by Crippen LogP contribution is -2.18. The first-order valence-corrected chi connectivity index (χ1v) is 5.96. The second kappa shape index (κ2) is 6.43. The molecule has 0 aliphatic heterocycles. The molecule has 1 atom stereocenters. The first-order chi connectivity index (χ1) is 7.70. The van der Waals surface area contributed by atoms with Gasteiger partial charge >= 0.3 is 0 Å². The van der Waals surface area contributed by atoms with Gasteiger partial charge in [0.2, 0.25) is 0 Å². The molecule has 2 N–H and O–H groups in total. The molecule has 4 nitrogen and oxygen atoms in total. The largest absolute Gasteiger partial charge is 0.330 e. The minimum atomic E-state index is 0.0378. The lowest BCUT2D eigenvalue weighted by atomic mass is 9.98. The van der Waals surface area contributed by atoms with E-state index in [1.54, 1.807) is 16.9 Å². The molecule has 1 heterocycles. The normalized spacial score (nSPS) is 12.7. The molecule has 4 heteroatoms. The molecule has 1 rings (SSSR count). The van der Waals surface area contributed by atoms with Crippen molar-refractivity contribution in [3.05, 3.63) is 18.0 Å². The quantitative estimate of drug-likeness (QED) is 0.718. The first-order valence-electron chi connectivity index (χ1n) is 5.96. The number of hydrogen-bond donors (Lipinski definition) is 1. The van der Waals surface area contributed by atoms with Crippen LogP contribution in [-0.4, -0.2) is 22.1 Å². The van der Waals surface area contributed by atoms with Gasteiger partial charge in [-0.1, -0.05) is 13.8 Å². The Bertz CT molecular complexity index is 333. The lowest BCUT2D eigenvalue weighted by molar-refractivity contribution is 0.0912. The number of carbonyl (C=O) groups is 1. The van der Waals surface area contributed by atoms with Gasteiger partial charge in [0, 0.05) is 18.7 Å². The summed E-state index contributed by atoms with van der Waals surface area (Å²) in [6, 6.07) is 1.80.